The molecule has 120 valence electrons. The summed E-state index contributed by atoms with van der Waals surface area (Å²) in [5, 5.41) is 3.19. The molecule has 1 heterocycles. The van der Waals surface area contributed by atoms with Crippen LogP contribution in [0, 0.1) is 17.8 Å². The van der Waals surface area contributed by atoms with Gasteiger partial charge in [-0.05, 0) is 51.4 Å². The normalized spacial score (nSPS) is 43.5. The first kappa shape index (κ1) is 16.7. The summed E-state index contributed by atoms with van der Waals surface area (Å²) in [6, 6.07) is 0. The third-order valence-corrected chi connectivity index (χ3v) is 5.90. The molecular formula is C16H28N2O2S. The highest BCUT2D eigenvalue weighted by atomic mass is 32.1. The average molecular weight is 312 g/mol. The van der Waals surface area contributed by atoms with Crippen LogP contribution in [0.4, 0.5) is 0 Å². The number of nitrogens with two attached hydrogens (primary N) is 1. The van der Waals surface area contributed by atoms with Gasteiger partial charge in [0, 0.05) is 0 Å². The molecule has 1 saturated carbocycles. The first-order valence-corrected chi connectivity index (χ1v) is 8.45. The summed E-state index contributed by atoms with van der Waals surface area (Å²) < 4.78 is 5.78. The van der Waals surface area contributed by atoms with Crippen LogP contribution in [0.1, 0.15) is 53.4 Å². The Morgan fingerprint density at radius 3 is 2.19 bits per heavy atom. The maximum atomic E-state index is 12.8. The van der Waals surface area contributed by atoms with Crippen LogP contribution in [0.5, 0.6) is 0 Å². The summed E-state index contributed by atoms with van der Waals surface area (Å²) in [5.41, 5.74) is 5.48. The Hall–Kier alpha value is -0.680. The van der Waals surface area contributed by atoms with Gasteiger partial charge in [0.15, 0.2) is 0 Å². The van der Waals surface area contributed by atoms with Gasteiger partial charge in [-0.1, -0.05) is 26.1 Å². The topological polar surface area (TPSA) is 64.3 Å². The van der Waals surface area contributed by atoms with E-state index in [1.165, 1.54) is 0 Å². The molecule has 0 bridgehead atoms. The Balaban J connectivity index is 2.11. The van der Waals surface area contributed by atoms with E-state index in [4.69, 9.17) is 22.7 Å². The molecule has 1 amide bonds. The summed E-state index contributed by atoms with van der Waals surface area (Å²) >= 11 is 5.27. The summed E-state index contributed by atoms with van der Waals surface area (Å²) in [6.45, 7) is 8.32. The van der Waals surface area contributed by atoms with Crippen molar-refractivity contribution in [2.24, 2.45) is 23.5 Å². The number of amides is 1. The minimum atomic E-state index is -0.496. The van der Waals surface area contributed by atoms with E-state index in [9.17, 15) is 4.79 Å². The Labute approximate surface area is 133 Å². The van der Waals surface area contributed by atoms with Crippen molar-refractivity contribution in [3.8, 4) is 0 Å². The van der Waals surface area contributed by atoms with Gasteiger partial charge in [0.2, 0.25) is 5.91 Å². The molecular weight excluding hydrogens is 284 g/mol. The van der Waals surface area contributed by atoms with Gasteiger partial charge in [-0.15, -0.1) is 0 Å². The van der Waals surface area contributed by atoms with Gasteiger partial charge in [-0.2, -0.15) is 0 Å². The predicted molar refractivity (Wildman–Crippen MR) is 88.0 cm³/mol. The number of carbonyl (C=O) groups excluding carboxylic acids is 1. The Morgan fingerprint density at radius 2 is 1.76 bits per heavy atom. The maximum absolute atomic E-state index is 12.8. The van der Waals surface area contributed by atoms with Crippen molar-refractivity contribution in [1.82, 2.24) is 5.32 Å². The molecule has 0 spiro atoms. The van der Waals surface area contributed by atoms with E-state index in [2.05, 4.69) is 19.2 Å². The van der Waals surface area contributed by atoms with Gasteiger partial charge in [0.05, 0.1) is 28.7 Å². The zero-order valence-electron chi connectivity index (χ0n) is 13.5. The third kappa shape index (κ3) is 3.24. The molecule has 2 aliphatic rings. The van der Waals surface area contributed by atoms with Crippen molar-refractivity contribution in [2.75, 3.05) is 0 Å². The molecule has 1 aliphatic heterocycles. The molecule has 3 N–H and O–H groups in total. The molecule has 4 nitrogen and oxygen atoms in total. The van der Waals surface area contributed by atoms with Crippen molar-refractivity contribution in [1.29, 1.82) is 0 Å². The number of hydrogen-bond acceptors (Lipinski definition) is 3. The highest BCUT2D eigenvalue weighted by molar-refractivity contribution is 7.80. The molecule has 5 heteroatoms. The van der Waals surface area contributed by atoms with Gasteiger partial charge in [0.1, 0.15) is 0 Å². The molecule has 2 rings (SSSR count). The van der Waals surface area contributed by atoms with E-state index in [0.717, 1.165) is 25.7 Å². The fourth-order valence-corrected chi connectivity index (χ4v) is 3.98. The fraction of sp³-hybridized carbons (Fsp3) is 0.875. The molecule has 1 aliphatic carbocycles. The maximum Gasteiger partial charge on any atom is 0.226 e. The molecule has 2 fully saturated rings. The first-order chi connectivity index (χ1) is 9.77. The lowest BCUT2D eigenvalue weighted by molar-refractivity contribution is -0.128. The molecule has 1 saturated heterocycles. The van der Waals surface area contributed by atoms with Crippen LogP contribution in [0.25, 0.3) is 0 Å². The summed E-state index contributed by atoms with van der Waals surface area (Å²) in [5.74, 6) is 0.815. The largest absolute Gasteiger partial charge is 0.391 e. The fourth-order valence-electron chi connectivity index (χ4n) is 3.73. The second-order valence-corrected chi connectivity index (χ2v) is 7.49. The molecule has 4 atom stereocenters. The molecule has 0 aromatic rings. The van der Waals surface area contributed by atoms with Crippen molar-refractivity contribution >= 4 is 23.1 Å². The van der Waals surface area contributed by atoms with Gasteiger partial charge in [0.25, 0.3) is 0 Å². The van der Waals surface area contributed by atoms with Crippen LogP contribution >= 0.6 is 12.2 Å². The highest BCUT2D eigenvalue weighted by Gasteiger charge is 2.45. The van der Waals surface area contributed by atoms with Gasteiger partial charge in [-0.25, -0.2) is 0 Å². The summed E-state index contributed by atoms with van der Waals surface area (Å²) in [4.78, 5) is 13.2. The van der Waals surface area contributed by atoms with Crippen molar-refractivity contribution < 1.29 is 9.53 Å². The number of carbonyl (C=O) groups is 1. The zero-order chi connectivity index (χ0) is 15.8. The van der Waals surface area contributed by atoms with Gasteiger partial charge >= 0.3 is 0 Å². The predicted octanol–water partition coefficient (Wildman–Crippen LogP) is 2.40. The van der Waals surface area contributed by atoms with Crippen molar-refractivity contribution in [3.63, 3.8) is 0 Å². The molecule has 0 aromatic carbocycles. The lowest BCUT2D eigenvalue weighted by Gasteiger charge is -2.40. The Bertz CT molecular complexity index is 419. The monoisotopic (exact) mass is 312 g/mol. The lowest BCUT2D eigenvalue weighted by Crippen LogP contribution is -2.60. The lowest BCUT2D eigenvalue weighted by atomic mass is 9.76. The van der Waals surface area contributed by atoms with E-state index in [1.54, 1.807) is 0 Å². The van der Waals surface area contributed by atoms with Crippen LogP contribution in [0.2, 0.25) is 0 Å². The number of thiocarbonyl (C=S) groups is 1. The zero-order valence-corrected chi connectivity index (χ0v) is 14.3. The van der Waals surface area contributed by atoms with E-state index in [-0.39, 0.29) is 30.0 Å². The second-order valence-electron chi connectivity index (χ2n) is 7.05. The molecule has 4 unspecified atom stereocenters. The average Bonchev–Trinajstić information content (AvgIpc) is 2.66. The van der Waals surface area contributed by atoms with Gasteiger partial charge < -0.3 is 15.8 Å². The highest BCUT2D eigenvalue weighted by Crippen LogP contribution is 2.36. The Morgan fingerprint density at radius 1 is 1.19 bits per heavy atom. The molecule has 21 heavy (non-hydrogen) atoms. The summed E-state index contributed by atoms with van der Waals surface area (Å²) in [6.07, 6.45) is 3.87. The second kappa shape index (κ2) is 6.21. The Kier molecular flexibility index (Phi) is 4.93. The first-order valence-electron chi connectivity index (χ1n) is 8.04. The van der Waals surface area contributed by atoms with Crippen LogP contribution in [-0.2, 0) is 9.53 Å². The smallest absolute Gasteiger partial charge is 0.226 e. The van der Waals surface area contributed by atoms with E-state index in [0.29, 0.717) is 10.9 Å². The standard InChI is InChI=1S/C16H28N2O2S/c1-9-5-7-16(8-6-9,15(17)21)18-14(19)13-10(2)11(3)20-12(13)4/h9-13H,5-8H2,1-4H3,(H2,17,21)(H,18,19). The van der Waals surface area contributed by atoms with E-state index >= 15 is 0 Å². The van der Waals surface area contributed by atoms with Crippen LogP contribution in [0.3, 0.4) is 0 Å². The van der Waals surface area contributed by atoms with Crippen LogP contribution in [-0.4, -0.2) is 28.6 Å². The van der Waals surface area contributed by atoms with Crippen molar-refractivity contribution in [2.45, 2.75) is 71.1 Å². The number of ether oxygens (including phenoxy) is 1. The van der Waals surface area contributed by atoms with Crippen LogP contribution in [0.15, 0.2) is 0 Å². The molecule has 0 radical (unpaired) electrons. The van der Waals surface area contributed by atoms with E-state index < -0.39 is 5.54 Å². The van der Waals surface area contributed by atoms with Gasteiger partial charge in [-0.3, -0.25) is 4.79 Å². The number of nitrogens with one attached hydrogen (secondary N) is 1. The van der Waals surface area contributed by atoms with Crippen LogP contribution < -0.4 is 11.1 Å². The van der Waals surface area contributed by atoms with E-state index in [1.807, 2.05) is 13.8 Å². The SMILES string of the molecule is CC1CCC(NC(=O)C2C(C)OC(C)C2C)(C(N)=S)CC1. The minimum absolute atomic E-state index is 0.0432. The third-order valence-electron chi connectivity index (χ3n) is 5.51. The minimum Gasteiger partial charge on any atom is -0.391 e. The van der Waals surface area contributed by atoms with Crippen molar-refractivity contribution in [3.05, 3.63) is 0 Å². The number of rotatable bonds is 3. The summed E-state index contributed by atoms with van der Waals surface area (Å²) in [7, 11) is 0. The number of hydrogen-bond donors (Lipinski definition) is 2. The quantitative estimate of drug-likeness (QED) is 0.786. The molecule has 0 aromatic heterocycles.